The molecule has 0 fully saturated rings. The predicted octanol–water partition coefficient (Wildman–Crippen LogP) is 1.12. The van der Waals surface area contributed by atoms with E-state index in [1.54, 1.807) is 0 Å². The number of aliphatic hydroxyl groups is 1. The number of thiol groups is 1. The Morgan fingerprint density at radius 1 is 1.73 bits per heavy atom. The Morgan fingerprint density at radius 3 is 2.27 bits per heavy atom. The van der Waals surface area contributed by atoms with Crippen molar-refractivity contribution in [1.82, 2.24) is 0 Å². The first-order valence-corrected chi connectivity index (χ1v) is 4.78. The lowest BCUT2D eigenvalue weighted by molar-refractivity contribution is 0.277. The van der Waals surface area contributed by atoms with E-state index in [0.717, 1.165) is 12.2 Å². The van der Waals surface area contributed by atoms with E-state index in [4.69, 9.17) is 10.8 Å². The van der Waals surface area contributed by atoms with Crippen LogP contribution in [-0.2, 0) is 0 Å². The lowest BCUT2D eigenvalue weighted by Gasteiger charge is -1.85. The number of aliphatic hydroxyl groups excluding tert-OH is 1. The summed E-state index contributed by atoms with van der Waals surface area (Å²) in [5.74, 6) is 0.891. The van der Waals surface area contributed by atoms with Crippen LogP contribution in [-0.4, -0.2) is 28.5 Å². The fraction of sp³-hybridized carbons (Fsp3) is 0.833. The first-order valence-electron chi connectivity index (χ1n) is 3.35. The molecule has 0 radical (unpaired) electrons. The standard InChI is InChI=1S/C4H8OS2.C2H7NO/c1-2-3-7-4(5)6;3-1-2-4/h2-3H2,1H3,(H,5,6);4H,1-3H2. The van der Waals surface area contributed by atoms with Gasteiger partial charge in [0.15, 0.2) is 0 Å². The number of thioether (sulfide) groups is 1. The Labute approximate surface area is 77.1 Å². The van der Waals surface area contributed by atoms with E-state index >= 15 is 0 Å². The highest BCUT2D eigenvalue weighted by molar-refractivity contribution is 8.32. The van der Waals surface area contributed by atoms with Crippen LogP contribution in [0.5, 0.6) is 0 Å². The van der Waals surface area contributed by atoms with Crippen LogP contribution in [0.1, 0.15) is 13.3 Å². The molecule has 0 heterocycles. The van der Waals surface area contributed by atoms with Crippen molar-refractivity contribution < 1.29 is 9.90 Å². The van der Waals surface area contributed by atoms with E-state index in [-0.39, 0.29) is 11.1 Å². The number of carbonyl (C=O) groups is 1. The van der Waals surface area contributed by atoms with E-state index in [2.05, 4.69) is 12.6 Å². The highest BCUT2D eigenvalue weighted by Crippen LogP contribution is 2.06. The van der Waals surface area contributed by atoms with Crippen molar-refractivity contribution in [2.75, 3.05) is 18.9 Å². The number of rotatable bonds is 3. The Morgan fingerprint density at radius 2 is 2.18 bits per heavy atom. The zero-order chi connectivity index (χ0) is 9.11. The molecule has 0 aromatic heterocycles. The van der Waals surface area contributed by atoms with Crippen LogP contribution in [0.2, 0.25) is 0 Å². The molecule has 0 amide bonds. The molecule has 0 aliphatic rings. The summed E-state index contributed by atoms with van der Waals surface area (Å²) in [6, 6.07) is 0. The summed E-state index contributed by atoms with van der Waals surface area (Å²) >= 11 is 4.81. The van der Waals surface area contributed by atoms with Crippen LogP contribution in [0.25, 0.3) is 0 Å². The highest BCUT2D eigenvalue weighted by atomic mass is 32.2. The third kappa shape index (κ3) is 25.3. The van der Waals surface area contributed by atoms with Gasteiger partial charge in [0.05, 0.1) is 6.61 Å². The average Bonchev–Trinajstić information content (AvgIpc) is 2.01. The van der Waals surface area contributed by atoms with E-state index in [1.807, 2.05) is 6.92 Å². The van der Waals surface area contributed by atoms with Gasteiger partial charge in [0.2, 0.25) is 4.45 Å². The number of hydrogen-bond acceptors (Lipinski definition) is 4. The summed E-state index contributed by atoms with van der Waals surface area (Å²) in [4.78, 5) is 10.0. The molecule has 0 rings (SSSR count). The van der Waals surface area contributed by atoms with Crippen LogP contribution in [0.3, 0.4) is 0 Å². The van der Waals surface area contributed by atoms with Gasteiger partial charge in [-0.1, -0.05) is 31.3 Å². The minimum atomic E-state index is -0.0816. The summed E-state index contributed by atoms with van der Waals surface area (Å²) in [5.41, 5.74) is 4.78. The number of nitrogens with two attached hydrogens (primary N) is 1. The Hall–Kier alpha value is 0.290. The lowest BCUT2D eigenvalue weighted by atomic mass is 10.6. The van der Waals surface area contributed by atoms with Gasteiger partial charge in [0.25, 0.3) is 0 Å². The molecule has 68 valence electrons. The molecule has 3 N–H and O–H groups in total. The lowest BCUT2D eigenvalue weighted by Crippen LogP contribution is -2.02. The summed E-state index contributed by atoms with van der Waals surface area (Å²) in [6.45, 7) is 2.50. The van der Waals surface area contributed by atoms with Crippen LogP contribution >= 0.6 is 24.4 Å². The molecule has 0 bridgehead atoms. The molecular formula is C6H15NO2S2. The van der Waals surface area contributed by atoms with Gasteiger partial charge in [-0.3, -0.25) is 4.79 Å². The molecule has 0 atom stereocenters. The highest BCUT2D eigenvalue weighted by Gasteiger charge is 1.89. The molecule has 0 aromatic carbocycles. The molecule has 3 nitrogen and oxygen atoms in total. The van der Waals surface area contributed by atoms with Crippen LogP contribution in [0, 0.1) is 0 Å². The summed E-state index contributed by atoms with van der Waals surface area (Å²) in [6.07, 6.45) is 1.04. The second-order valence-corrected chi connectivity index (χ2v) is 3.40. The van der Waals surface area contributed by atoms with Gasteiger partial charge in [0.1, 0.15) is 0 Å². The molecule has 0 spiro atoms. The number of carbonyl (C=O) groups excluding carboxylic acids is 1. The van der Waals surface area contributed by atoms with E-state index < -0.39 is 0 Å². The molecule has 0 aliphatic heterocycles. The van der Waals surface area contributed by atoms with Crippen molar-refractivity contribution in [3.8, 4) is 0 Å². The normalized spacial score (nSPS) is 8.36. The van der Waals surface area contributed by atoms with Gasteiger partial charge >= 0.3 is 0 Å². The molecule has 0 aromatic rings. The molecule has 0 saturated heterocycles. The first kappa shape index (κ1) is 13.9. The van der Waals surface area contributed by atoms with Gasteiger partial charge in [0, 0.05) is 12.3 Å². The number of hydrogen-bond donors (Lipinski definition) is 3. The smallest absolute Gasteiger partial charge is 0.243 e. The minimum absolute atomic E-state index is 0.0816. The minimum Gasteiger partial charge on any atom is -0.395 e. The van der Waals surface area contributed by atoms with E-state index in [9.17, 15) is 4.79 Å². The SMILES string of the molecule is CCCSC(=O)S.NCCO. The van der Waals surface area contributed by atoms with E-state index in [0.29, 0.717) is 6.54 Å². The van der Waals surface area contributed by atoms with Crippen LogP contribution in [0.15, 0.2) is 0 Å². The topological polar surface area (TPSA) is 63.3 Å². The Balaban J connectivity index is 0. The van der Waals surface area contributed by atoms with Gasteiger partial charge in [-0.2, -0.15) is 0 Å². The first-order chi connectivity index (χ1) is 5.18. The maximum absolute atomic E-state index is 10.0. The fourth-order valence-electron chi connectivity index (χ4n) is 0.189. The van der Waals surface area contributed by atoms with Crippen molar-refractivity contribution in [2.24, 2.45) is 5.73 Å². The third-order valence-electron chi connectivity index (χ3n) is 0.559. The van der Waals surface area contributed by atoms with Crippen molar-refractivity contribution in [1.29, 1.82) is 0 Å². The molecule has 11 heavy (non-hydrogen) atoms. The molecule has 5 heteroatoms. The molecule has 0 saturated carbocycles. The summed E-state index contributed by atoms with van der Waals surface area (Å²) in [5, 5.41) is 7.75. The zero-order valence-corrected chi connectivity index (χ0v) is 8.33. The maximum Gasteiger partial charge on any atom is 0.243 e. The largest absolute Gasteiger partial charge is 0.395 e. The predicted molar refractivity (Wildman–Crippen MR) is 53.3 cm³/mol. The Kier molecular flexibility index (Phi) is 16.3. The van der Waals surface area contributed by atoms with Crippen molar-refractivity contribution in [2.45, 2.75) is 13.3 Å². The van der Waals surface area contributed by atoms with Crippen molar-refractivity contribution >= 4 is 28.8 Å². The van der Waals surface area contributed by atoms with Gasteiger partial charge in [-0.05, 0) is 6.42 Å². The molecule has 0 aliphatic carbocycles. The quantitative estimate of drug-likeness (QED) is 0.593. The molecular weight excluding hydrogens is 182 g/mol. The third-order valence-corrected chi connectivity index (χ3v) is 1.81. The van der Waals surface area contributed by atoms with Crippen LogP contribution in [0.4, 0.5) is 4.79 Å². The second-order valence-electron chi connectivity index (χ2n) is 1.63. The maximum atomic E-state index is 10.0. The van der Waals surface area contributed by atoms with Crippen molar-refractivity contribution in [3.05, 3.63) is 0 Å². The van der Waals surface area contributed by atoms with E-state index in [1.165, 1.54) is 11.8 Å². The Bertz CT molecular complexity index is 88.7. The second kappa shape index (κ2) is 12.9. The van der Waals surface area contributed by atoms with Gasteiger partial charge in [-0.15, -0.1) is 0 Å². The molecule has 0 unspecified atom stereocenters. The monoisotopic (exact) mass is 197 g/mol. The zero-order valence-electron chi connectivity index (χ0n) is 6.62. The van der Waals surface area contributed by atoms with Crippen molar-refractivity contribution in [3.63, 3.8) is 0 Å². The summed E-state index contributed by atoms with van der Waals surface area (Å²) in [7, 11) is 0. The van der Waals surface area contributed by atoms with Crippen LogP contribution < -0.4 is 5.73 Å². The average molecular weight is 197 g/mol. The van der Waals surface area contributed by atoms with Gasteiger partial charge < -0.3 is 10.8 Å². The van der Waals surface area contributed by atoms with Gasteiger partial charge in [-0.25, -0.2) is 0 Å². The fourth-order valence-corrected chi connectivity index (χ4v) is 0.842. The summed E-state index contributed by atoms with van der Waals surface area (Å²) < 4.78 is -0.0816.